The number of fused-ring (bicyclic) bond motifs is 5. The van der Waals surface area contributed by atoms with Gasteiger partial charge in [0, 0.05) is 33.2 Å². The number of alkyl halides is 7. The highest BCUT2D eigenvalue weighted by atomic mass is 19.4. The van der Waals surface area contributed by atoms with E-state index in [0.29, 0.717) is 31.0 Å². The Balaban J connectivity index is 1.25. The summed E-state index contributed by atoms with van der Waals surface area (Å²) in [7, 11) is 1.47. The number of methoxy groups -OCH3 is 1. The second kappa shape index (κ2) is 13.2. The summed E-state index contributed by atoms with van der Waals surface area (Å²) < 4.78 is 118. The van der Waals surface area contributed by atoms with Crippen LogP contribution in [-0.2, 0) is 20.6 Å². The molecule has 4 rings (SSSR count). The Morgan fingerprint density at radius 3 is 2.40 bits per heavy atom. The van der Waals surface area contributed by atoms with Crippen LogP contribution in [0.15, 0.2) is 18.2 Å². The normalized spacial score (nSPS) is 28.3. The first kappa shape index (κ1) is 31.8. The van der Waals surface area contributed by atoms with Crippen molar-refractivity contribution < 1.29 is 51.1 Å². The van der Waals surface area contributed by atoms with Crippen LogP contribution in [-0.4, -0.2) is 82.9 Å². The summed E-state index contributed by atoms with van der Waals surface area (Å²) in [4.78, 5) is 1.47. The van der Waals surface area contributed by atoms with E-state index in [0.717, 1.165) is 50.7 Å². The molecule has 3 aliphatic rings. The fraction of sp³-hybridized carbons (Fsp3) is 0.800. The Morgan fingerprint density at radius 2 is 1.69 bits per heavy atom. The lowest BCUT2D eigenvalue weighted by Crippen LogP contribution is -2.55. The van der Waals surface area contributed by atoms with Gasteiger partial charge in [0.2, 0.25) is 0 Å². The first-order valence-electron chi connectivity index (χ1n) is 15.3. The molecular weight excluding hydrogens is 571 g/mol. The number of aryl methyl sites for hydroxylation is 1. The lowest BCUT2D eigenvalue weighted by Gasteiger charge is -2.50. The minimum atomic E-state index is -6.23. The third-order valence-corrected chi connectivity index (χ3v) is 9.61. The third-order valence-electron chi connectivity index (χ3n) is 9.61. The molecule has 0 radical (unpaired) electrons. The van der Waals surface area contributed by atoms with E-state index < -0.39 is 24.8 Å². The molecule has 2 fully saturated rings. The molecule has 0 amide bonds. The quantitative estimate of drug-likeness (QED) is 0.176. The van der Waals surface area contributed by atoms with Gasteiger partial charge in [0.1, 0.15) is 5.75 Å². The van der Waals surface area contributed by atoms with Crippen molar-refractivity contribution in [3.8, 4) is 5.75 Å². The van der Waals surface area contributed by atoms with Crippen molar-refractivity contribution in [1.29, 1.82) is 0 Å². The van der Waals surface area contributed by atoms with E-state index in [1.807, 2.05) is 6.07 Å². The van der Waals surface area contributed by atoms with Crippen LogP contribution < -0.4 is 4.74 Å². The van der Waals surface area contributed by atoms with Gasteiger partial charge < -0.3 is 23.8 Å². The summed E-state index contributed by atoms with van der Waals surface area (Å²) in [6.07, 6.45) is -5.59. The summed E-state index contributed by atoms with van der Waals surface area (Å²) in [5, 5.41) is 0. The first-order valence-corrected chi connectivity index (χ1v) is 14.6. The highest BCUT2D eigenvalue weighted by molar-refractivity contribution is 5.40. The van der Waals surface area contributed by atoms with E-state index in [-0.39, 0.29) is 38.3 Å². The molecule has 240 valence electrons. The maximum atomic E-state index is 13.7. The Labute approximate surface area is 244 Å². The minimum absolute atomic E-state index is 0.00221. The maximum absolute atomic E-state index is 13.7. The van der Waals surface area contributed by atoms with Gasteiger partial charge in [-0.1, -0.05) is 13.0 Å². The predicted octanol–water partition coefficient (Wildman–Crippen LogP) is 7.08. The SMILES string of the molecule is [2H]COCCCOc1ccc2c(c1)CCC1C2CC[C@@]2(C)C1CC[C@@H]2OCCN(C)CCOC(F)(C(F)(F)F)C(F)(F)F. The molecule has 5 atom stereocenters. The lowest BCUT2D eigenvalue weighted by atomic mass is 9.55. The molecule has 3 unspecified atom stereocenters. The molecule has 0 aliphatic heterocycles. The average Bonchev–Trinajstić information content (AvgIpc) is 3.27. The van der Waals surface area contributed by atoms with E-state index in [4.69, 9.17) is 15.6 Å². The molecule has 0 aromatic heterocycles. The average molecular weight is 615 g/mol. The number of halogens is 7. The number of ether oxygens (including phenoxy) is 4. The number of likely N-dealkylation sites (N-methyl/N-ethyl adjacent to an activating group) is 1. The van der Waals surface area contributed by atoms with E-state index in [9.17, 15) is 30.7 Å². The molecule has 0 N–H and O–H groups in total. The van der Waals surface area contributed by atoms with Crippen LogP contribution in [0, 0.1) is 17.3 Å². The van der Waals surface area contributed by atoms with Crippen LogP contribution in [0.25, 0.3) is 0 Å². The van der Waals surface area contributed by atoms with E-state index in [2.05, 4.69) is 23.8 Å². The maximum Gasteiger partial charge on any atom is 0.458 e. The van der Waals surface area contributed by atoms with Crippen LogP contribution in [0.5, 0.6) is 5.75 Å². The monoisotopic (exact) mass is 614 g/mol. The zero-order valence-corrected chi connectivity index (χ0v) is 24.2. The van der Waals surface area contributed by atoms with Crippen LogP contribution in [0.3, 0.4) is 0 Å². The molecule has 0 saturated heterocycles. The molecule has 2 saturated carbocycles. The van der Waals surface area contributed by atoms with Gasteiger partial charge in [0.05, 0.1) is 27.3 Å². The molecule has 5 nitrogen and oxygen atoms in total. The number of nitrogens with zero attached hydrogens (tertiary/aromatic N) is 1. The van der Waals surface area contributed by atoms with Crippen molar-refractivity contribution >= 4 is 0 Å². The van der Waals surface area contributed by atoms with Gasteiger partial charge in [0.25, 0.3) is 0 Å². The molecule has 0 bridgehead atoms. The molecule has 1 aromatic carbocycles. The smallest absolute Gasteiger partial charge is 0.458 e. The van der Waals surface area contributed by atoms with Crippen molar-refractivity contribution in [2.75, 3.05) is 53.7 Å². The molecular formula is C30H42F7NO4. The Bertz CT molecular complexity index is 1040. The fourth-order valence-corrected chi connectivity index (χ4v) is 7.35. The van der Waals surface area contributed by atoms with E-state index in [1.165, 1.54) is 23.1 Å². The van der Waals surface area contributed by atoms with Crippen molar-refractivity contribution in [1.82, 2.24) is 4.90 Å². The minimum Gasteiger partial charge on any atom is -0.493 e. The Morgan fingerprint density at radius 1 is 0.952 bits per heavy atom. The van der Waals surface area contributed by atoms with Crippen LogP contribution in [0.1, 0.15) is 63.9 Å². The summed E-state index contributed by atoms with van der Waals surface area (Å²) >= 11 is 0. The molecule has 0 spiro atoms. The largest absolute Gasteiger partial charge is 0.493 e. The molecule has 0 heterocycles. The van der Waals surface area contributed by atoms with Crippen LogP contribution >= 0.6 is 0 Å². The fourth-order valence-electron chi connectivity index (χ4n) is 7.35. The summed E-state index contributed by atoms with van der Waals surface area (Å²) in [6, 6.07) is 6.41. The van der Waals surface area contributed by atoms with Gasteiger partial charge in [-0.25, -0.2) is 0 Å². The highest BCUT2D eigenvalue weighted by Gasteiger charge is 2.74. The Hall–Kier alpha value is -1.63. The van der Waals surface area contributed by atoms with Crippen LogP contribution in [0.2, 0.25) is 0 Å². The number of hydrogen-bond donors (Lipinski definition) is 0. The van der Waals surface area contributed by atoms with Crippen molar-refractivity contribution in [3.05, 3.63) is 29.3 Å². The van der Waals surface area contributed by atoms with Gasteiger partial charge in [-0.15, -0.1) is 0 Å². The van der Waals surface area contributed by atoms with Crippen molar-refractivity contribution in [3.63, 3.8) is 0 Å². The van der Waals surface area contributed by atoms with Gasteiger partial charge in [-0.3, -0.25) is 0 Å². The zero-order valence-electron chi connectivity index (χ0n) is 25.2. The highest BCUT2D eigenvalue weighted by Crippen LogP contribution is 2.61. The van der Waals surface area contributed by atoms with E-state index in [1.54, 1.807) is 0 Å². The van der Waals surface area contributed by atoms with Crippen LogP contribution in [0.4, 0.5) is 30.7 Å². The lowest BCUT2D eigenvalue weighted by molar-refractivity contribution is -0.430. The molecule has 42 heavy (non-hydrogen) atoms. The number of rotatable bonds is 13. The van der Waals surface area contributed by atoms with Gasteiger partial charge in [0.15, 0.2) is 0 Å². The topological polar surface area (TPSA) is 40.2 Å². The first-order chi connectivity index (χ1) is 20.2. The summed E-state index contributed by atoms with van der Waals surface area (Å²) in [5.74, 6) is -3.29. The summed E-state index contributed by atoms with van der Waals surface area (Å²) in [6.45, 7) is 2.47. The van der Waals surface area contributed by atoms with Crippen molar-refractivity contribution in [2.45, 2.75) is 82.1 Å². The molecule has 1 aromatic rings. The Kier molecular flexibility index (Phi) is 9.96. The third kappa shape index (κ3) is 6.86. The van der Waals surface area contributed by atoms with E-state index >= 15 is 0 Å². The zero-order chi connectivity index (χ0) is 31.5. The van der Waals surface area contributed by atoms with Gasteiger partial charge in [-0.05, 0) is 92.0 Å². The van der Waals surface area contributed by atoms with Gasteiger partial charge >= 0.3 is 18.2 Å². The standard InChI is InChI=1S/C30H42F7NO4/c1-27-12-11-23-22-8-6-21(40-16-4-15-39-3)19-20(22)5-7-24(23)25(27)9-10-26(27)41-17-13-38(2)14-18-42-28(31,29(32,33)34)30(35,36)37/h6,8,19,23-26H,4-5,7,9-18H2,1-3H3/t23?,24?,25?,26-,27-/m0/s1/i3D. The number of hydrogen-bond acceptors (Lipinski definition) is 5. The second-order valence-electron chi connectivity index (χ2n) is 12.1. The second-order valence-corrected chi connectivity index (χ2v) is 12.1. The molecule has 3 aliphatic carbocycles. The van der Waals surface area contributed by atoms with Gasteiger partial charge in [-0.2, -0.15) is 30.7 Å². The number of benzene rings is 1. The molecule has 12 heteroatoms. The predicted molar refractivity (Wildman–Crippen MR) is 142 cm³/mol. The summed E-state index contributed by atoms with van der Waals surface area (Å²) in [5.41, 5.74) is 2.75. The van der Waals surface area contributed by atoms with Crippen molar-refractivity contribution in [2.24, 2.45) is 17.3 Å².